The summed E-state index contributed by atoms with van der Waals surface area (Å²) >= 11 is 0. The zero-order valence-corrected chi connectivity index (χ0v) is 16.1. The van der Waals surface area contributed by atoms with Crippen LogP contribution in [0.1, 0.15) is 84.0 Å². The molecule has 0 saturated heterocycles. The van der Waals surface area contributed by atoms with Crippen LogP contribution in [0.4, 0.5) is 0 Å². The molecule has 0 aliphatic heterocycles. The molecule has 1 rings (SSSR count). The molecule has 0 bridgehead atoms. The lowest BCUT2D eigenvalue weighted by Crippen LogP contribution is -2.19. The van der Waals surface area contributed by atoms with Crippen molar-refractivity contribution in [3.05, 3.63) is 12.2 Å². The molecule has 0 aromatic carbocycles. The topological polar surface area (TPSA) is 94.8 Å². The average molecular weight is 369 g/mol. The Morgan fingerprint density at radius 3 is 2.54 bits per heavy atom. The number of aliphatic carboxylic acids is 1. The van der Waals surface area contributed by atoms with Crippen LogP contribution in [0.15, 0.2) is 12.2 Å². The number of aliphatic hydroxyl groups excluding tert-OH is 2. The molecule has 0 heterocycles. The summed E-state index contributed by atoms with van der Waals surface area (Å²) in [4.78, 5) is 22.6. The molecule has 0 aromatic heterocycles. The summed E-state index contributed by atoms with van der Waals surface area (Å²) in [5.74, 6) is -0.959. The number of aliphatic hydroxyl groups is 2. The van der Waals surface area contributed by atoms with Crippen LogP contribution in [0.3, 0.4) is 0 Å². The second-order valence-corrected chi connectivity index (χ2v) is 7.57. The monoisotopic (exact) mass is 368 g/mol. The largest absolute Gasteiger partial charge is 0.481 e. The van der Waals surface area contributed by atoms with Crippen LogP contribution in [0.25, 0.3) is 0 Å². The van der Waals surface area contributed by atoms with Gasteiger partial charge in [-0.1, -0.05) is 64.0 Å². The molecule has 0 spiro atoms. The standard InChI is InChI=1S/C21H36O5/c1-2-3-7-10-16(22)13-14-18-17(19(23)15-20(18)24)11-8-5-4-6-9-12-21(25)26/h13-14,16-18,20,22,24H,2-12,15H2,1H3,(H,25,26). The number of carbonyl (C=O) groups excluding carboxylic acids is 1. The van der Waals surface area contributed by atoms with E-state index in [1.54, 1.807) is 6.08 Å². The quantitative estimate of drug-likeness (QED) is 0.320. The van der Waals surface area contributed by atoms with Gasteiger partial charge in [0.1, 0.15) is 5.78 Å². The smallest absolute Gasteiger partial charge is 0.303 e. The number of unbranched alkanes of at least 4 members (excludes halogenated alkanes) is 6. The van der Waals surface area contributed by atoms with Crippen LogP contribution in [0, 0.1) is 11.8 Å². The Labute approximate surface area is 157 Å². The van der Waals surface area contributed by atoms with Gasteiger partial charge < -0.3 is 15.3 Å². The van der Waals surface area contributed by atoms with Gasteiger partial charge in [0.15, 0.2) is 0 Å². The van der Waals surface area contributed by atoms with E-state index in [-0.39, 0.29) is 30.5 Å². The van der Waals surface area contributed by atoms with Crippen LogP contribution in [0.5, 0.6) is 0 Å². The van der Waals surface area contributed by atoms with Gasteiger partial charge in [0.05, 0.1) is 12.2 Å². The molecule has 1 saturated carbocycles. The molecule has 1 fully saturated rings. The van der Waals surface area contributed by atoms with Gasteiger partial charge in [-0.2, -0.15) is 0 Å². The Bertz CT molecular complexity index is 446. The summed E-state index contributed by atoms with van der Waals surface area (Å²) in [5.41, 5.74) is 0. The number of hydrogen-bond donors (Lipinski definition) is 3. The van der Waals surface area contributed by atoms with E-state index in [0.29, 0.717) is 6.42 Å². The number of rotatable bonds is 14. The fourth-order valence-corrected chi connectivity index (χ4v) is 3.72. The first kappa shape index (κ1) is 22.8. The van der Waals surface area contributed by atoms with Crippen molar-refractivity contribution in [2.75, 3.05) is 0 Å². The van der Waals surface area contributed by atoms with Crippen LogP contribution < -0.4 is 0 Å². The zero-order valence-electron chi connectivity index (χ0n) is 16.1. The van der Waals surface area contributed by atoms with E-state index < -0.39 is 18.2 Å². The SMILES string of the molecule is CCCCCC(O)C=CC1C(O)CC(=O)C1CCCCCCCC(=O)O. The Hall–Kier alpha value is -1.20. The van der Waals surface area contributed by atoms with Crippen LogP contribution >= 0.6 is 0 Å². The van der Waals surface area contributed by atoms with E-state index in [1.165, 1.54) is 0 Å². The van der Waals surface area contributed by atoms with E-state index in [0.717, 1.165) is 57.8 Å². The third kappa shape index (κ3) is 8.95. The molecule has 1 aliphatic carbocycles. The predicted octanol–water partition coefficient (Wildman–Crippen LogP) is 3.87. The second-order valence-electron chi connectivity index (χ2n) is 7.57. The summed E-state index contributed by atoms with van der Waals surface area (Å²) < 4.78 is 0. The predicted molar refractivity (Wildman–Crippen MR) is 102 cm³/mol. The Balaban J connectivity index is 2.34. The third-order valence-corrected chi connectivity index (χ3v) is 5.30. The Kier molecular flexibility index (Phi) is 11.5. The fraction of sp³-hybridized carbons (Fsp3) is 0.810. The fourth-order valence-electron chi connectivity index (χ4n) is 3.72. The van der Waals surface area contributed by atoms with Crippen molar-refractivity contribution in [3.63, 3.8) is 0 Å². The van der Waals surface area contributed by atoms with Gasteiger partial charge in [-0.05, 0) is 19.3 Å². The van der Waals surface area contributed by atoms with Crippen molar-refractivity contribution in [3.8, 4) is 0 Å². The van der Waals surface area contributed by atoms with Gasteiger partial charge in [0.2, 0.25) is 0 Å². The summed E-state index contributed by atoms with van der Waals surface area (Å²) in [5, 5.41) is 28.8. The van der Waals surface area contributed by atoms with Crippen LogP contribution in [0.2, 0.25) is 0 Å². The van der Waals surface area contributed by atoms with Gasteiger partial charge in [-0.15, -0.1) is 0 Å². The van der Waals surface area contributed by atoms with E-state index in [4.69, 9.17) is 5.11 Å². The second kappa shape index (κ2) is 13.0. The molecule has 0 aromatic rings. The summed E-state index contributed by atoms with van der Waals surface area (Å²) in [6.07, 6.45) is 12.1. The van der Waals surface area contributed by atoms with Crippen molar-refractivity contribution < 1.29 is 24.9 Å². The normalized spacial score (nSPS) is 24.4. The van der Waals surface area contributed by atoms with Crippen LogP contribution in [-0.2, 0) is 9.59 Å². The summed E-state index contributed by atoms with van der Waals surface area (Å²) in [6, 6.07) is 0. The number of hydrogen-bond acceptors (Lipinski definition) is 4. The minimum atomic E-state index is -0.748. The van der Waals surface area contributed by atoms with Gasteiger partial charge in [0.25, 0.3) is 0 Å². The molecule has 5 heteroatoms. The lowest BCUT2D eigenvalue weighted by molar-refractivity contribution is -0.137. The molecule has 3 N–H and O–H groups in total. The first-order chi connectivity index (χ1) is 12.5. The molecule has 4 unspecified atom stereocenters. The van der Waals surface area contributed by atoms with Gasteiger partial charge >= 0.3 is 5.97 Å². The van der Waals surface area contributed by atoms with E-state index in [1.807, 2.05) is 6.08 Å². The number of carboxylic acid groups (broad SMARTS) is 1. The lowest BCUT2D eigenvalue weighted by atomic mass is 9.88. The average Bonchev–Trinajstić information content (AvgIpc) is 2.85. The highest BCUT2D eigenvalue weighted by atomic mass is 16.4. The molecule has 5 nitrogen and oxygen atoms in total. The number of ketones is 1. The van der Waals surface area contributed by atoms with Crippen molar-refractivity contribution in [2.45, 2.75) is 96.2 Å². The highest BCUT2D eigenvalue weighted by Gasteiger charge is 2.39. The van der Waals surface area contributed by atoms with E-state index in [2.05, 4.69) is 6.92 Å². The third-order valence-electron chi connectivity index (χ3n) is 5.30. The van der Waals surface area contributed by atoms with Gasteiger partial charge in [0, 0.05) is 24.7 Å². The maximum atomic E-state index is 12.2. The Morgan fingerprint density at radius 1 is 1.15 bits per heavy atom. The van der Waals surface area contributed by atoms with Crippen molar-refractivity contribution in [1.29, 1.82) is 0 Å². The minimum absolute atomic E-state index is 0.124. The molecular weight excluding hydrogens is 332 g/mol. The number of carbonyl (C=O) groups is 2. The highest BCUT2D eigenvalue weighted by Crippen LogP contribution is 2.34. The molecule has 1 aliphatic rings. The number of Topliss-reactive ketones (excluding diaryl/α,β-unsaturated/α-hetero) is 1. The van der Waals surface area contributed by atoms with Gasteiger partial charge in [-0.3, -0.25) is 9.59 Å². The lowest BCUT2D eigenvalue weighted by Gasteiger charge is -2.18. The first-order valence-corrected chi connectivity index (χ1v) is 10.2. The zero-order chi connectivity index (χ0) is 19.4. The molecule has 150 valence electrons. The molecule has 0 radical (unpaired) electrons. The maximum Gasteiger partial charge on any atom is 0.303 e. The molecular formula is C21H36O5. The number of carboxylic acids is 1. The Morgan fingerprint density at radius 2 is 1.85 bits per heavy atom. The molecule has 4 atom stereocenters. The van der Waals surface area contributed by atoms with E-state index in [9.17, 15) is 19.8 Å². The van der Waals surface area contributed by atoms with E-state index >= 15 is 0 Å². The summed E-state index contributed by atoms with van der Waals surface area (Å²) in [7, 11) is 0. The molecule has 0 amide bonds. The van der Waals surface area contributed by atoms with Crippen molar-refractivity contribution >= 4 is 11.8 Å². The first-order valence-electron chi connectivity index (χ1n) is 10.2. The van der Waals surface area contributed by atoms with Crippen molar-refractivity contribution in [2.24, 2.45) is 11.8 Å². The van der Waals surface area contributed by atoms with Crippen molar-refractivity contribution in [1.82, 2.24) is 0 Å². The maximum absolute atomic E-state index is 12.2. The van der Waals surface area contributed by atoms with Crippen LogP contribution in [-0.4, -0.2) is 39.3 Å². The summed E-state index contributed by atoms with van der Waals surface area (Å²) in [6.45, 7) is 2.12. The van der Waals surface area contributed by atoms with Gasteiger partial charge in [-0.25, -0.2) is 0 Å². The molecule has 26 heavy (non-hydrogen) atoms. The minimum Gasteiger partial charge on any atom is -0.481 e. The highest BCUT2D eigenvalue weighted by molar-refractivity contribution is 5.84.